The molecule has 1 aromatic rings. The van der Waals surface area contributed by atoms with E-state index in [1.807, 2.05) is 11.8 Å². The predicted molar refractivity (Wildman–Crippen MR) is 103 cm³/mol. The number of nitrogens with one attached hydrogen (secondary N) is 1. The number of piperazine rings is 1. The van der Waals surface area contributed by atoms with Crippen molar-refractivity contribution in [2.75, 3.05) is 51.1 Å². The Balaban J connectivity index is 1.43. The summed E-state index contributed by atoms with van der Waals surface area (Å²) in [7, 11) is 0. The summed E-state index contributed by atoms with van der Waals surface area (Å²) >= 11 is 0. The highest BCUT2D eigenvalue weighted by molar-refractivity contribution is 5.94. The van der Waals surface area contributed by atoms with Gasteiger partial charge in [-0.25, -0.2) is 4.39 Å². The standard InChI is InChI=1S/C20H29FN4O2/c1-16(20(27)22-18-7-5-17(21)6-8-18)24-13-11-23(12-14-24)15-19(26)25-9-3-2-4-10-25/h5-8,16H,2-4,9-15H2,1H3,(H,22,27)/t16-/m0/s1. The van der Waals surface area contributed by atoms with Gasteiger partial charge in [0, 0.05) is 45.0 Å². The molecule has 148 valence electrons. The third kappa shape index (κ3) is 5.49. The molecule has 2 amide bonds. The zero-order chi connectivity index (χ0) is 19.2. The molecule has 6 nitrogen and oxygen atoms in total. The van der Waals surface area contributed by atoms with Crippen LogP contribution < -0.4 is 5.32 Å². The van der Waals surface area contributed by atoms with E-state index < -0.39 is 0 Å². The highest BCUT2D eigenvalue weighted by atomic mass is 19.1. The van der Waals surface area contributed by atoms with Crippen LogP contribution in [0.4, 0.5) is 10.1 Å². The molecule has 0 spiro atoms. The molecule has 2 fully saturated rings. The minimum absolute atomic E-state index is 0.0977. The average molecular weight is 376 g/mol. The van der Waals surface area contributed by atoms with Crippen molar-refractivity contribution in [2.45, 2.75) is 32.2 Å². The van der Waals surface area contributed by atoms with Gasteiger partial charge in [-0.05, 0) is 50.5 Å². The molecule has 7 heteroatoms. The number of anilines is 1. The molecule has 0 saturated carbocycles. The molecule has 0 radical (unpaired) electrons. The second-order valence-electron chi connectivity index (χ2n) is 7.43. The van der Waals surface area contributed by atoms with Gasteiger partial charge in [0.15, 0.2) is 0 Å². The van der Waals surface area contributed by atoms with E-state index in [9.17, 15) is 14.0 Å². The van der Waals surface area contributed by atoms with Crippen molar-refractivity contribution in [1.29, 1.82) is 0 Å². The van der Waals surface area contributed by atoms with Gasteiger partial charge in [-0.3, -0.25) is 19.4 Å². The average Bonchev–Trinajstić information content (AvgIpc) is 2.70. The van der Waals surface area contributed by atoms with Crippen LogP contribution in [0.2, 0.25) is 0 Å². The Morgan fingerprint density at radius 2 is 1.63 bits per heavy atom. The topological polar surface area (TPSA) is 55.9 Å². The number of hydrogen-bond acceptors (Lipinski definition) is 4. The van der Waals surface area contributed by atoms with Crippen LogP contribution >= 0.6 is 0 Å². The van der Waals surface area contributed by atoms with Gasteiger partial charge in [0.1, 0.15) is 5.82 Å². The fraction of sp³-hybridized carbons (Fsp3) is 0.600. The summed E-state index contributed by atoms with van der Waals surface area (Å²) in [5.74, 6) is -0.194. The summed E-state index contributed by atoms with van der Waals surface area (Å²) in [5.41, 5.74) is 0.596. The van der Waals surface area contributed by atoms with Gasteiger partial charge >= 0.3 is 0 Å². The lowest BCUT2D eigenvalue weighted by molar-refractivity contribution is -0.134. The maximum absolute atomic E-state index is 13.0. The number of rotatable bonds is 5. The van der Waals surface area contributed by atoms with E-state index in [-0.39, 0.29) is 23.7 Å². The Morgan fingerprint density at radius 1 is 1.00 bits per heavy atom. The molecule has 1 atom stereocenters. The van der Waals surface area contributed by atoms with Crippen LogP contribution in [0.3, 0.4) is 0 Å². The molecule has 0 aromatic heterocycles. The summed E-state index contributed by atoms with van der Waals surface area (Å²) in [4.78, 5) is 31.1. The molecular weight excluding hydrogens is 347 g/mol. The maximum Gasteiger partial charge on any atom is 0.241 e. The summed E-state index contributed by atoms with van der Waals surface area (Å²) in [5, 5.41) is 2.83. The molecular formula is C20H29FN4O2. The first-order chi connectivity index (χ1) is 13.0. The van der Waals surface area contributed by atoms with Crippen LogP contribution in [0.5, 0.6) is 0 Å². The summed E-state index contributed by atoms with van der Waals surface area (Å²) in [6.07, 6.45) is 3.45. The lowest BCUT2D eigenvalue weighted by atomic mass is 10.1. The van der Waals surface area contributed by atoms with Crippen molar-refractivity contribution in [3.8, 4) is 0 Å². The molecule has 0 unspecified atom stereocenters. The van der Waals surface area contributed by atoms with Crippen LogP contribution in [0.25, 0.3) is 0 Å². The lowest BCUT2D eigenvalue weighted by Gasteiger charge is -2.38. The van der Waals surface area contributed by atoms with Gasteiger partial charge in [-0.2, -0.15) is 0 Å². The van der Waals surface area contributed by atoms with Gasteiger partial charge in [-0.1, -0.05) is 0 Å². The zero-order valence-electron chi connectivity index (χ0n) is 16.0. The number of carbonyl (C=O) groups excluding carboxylic acids is 2. The van der Waals surface area contributed by atoms with E-state index >= 15 is 0 Å². The Kier molecular flexibility index (Phi) is 6.79. The first-order valence-electron chi connectivity index (χ1n) is 9.83. The quantitative estimate of drug-likeness (QED) is 0.851. The number of nitrogens with zero attached hydrogens (tertiary/aromatic N) is 3. The monoisotopic (exact) mass is 376 g/mol. The Bertz CT molecular complexity index is 638. The number of carbonyl (C=O) groups is 2. The van der Waals surface area contributed by atoms with E-state index in [0.717, 1.165) is 52.1 Å². The number of likely N-dealkylation sites (tertiary alicyclic amines) is 1. The fourth-order valence-corrected chi connectivity index (χ4v) is 3.69. The molecule has 1 N–H and O–H groups in total. The van der Waals surface area contributed by atoms with E-state index in [1.165, 1.54) is 18.6 Å². The molecule has 2 aliphatic rings. The molecule has 2 heterocycles. The number of benzene rings is 1. The van der Waals surface area contributed by atoms with Gasteiger partial charge in [0.25, 0.3) is 0 Å². The first-order valence-corrected chi connectivity index (χ1v) is 9.83. The van der Waals surface area contributed by atoms with Crippen molar-refractivity contribution in [2.24, 2.45) is 0 Å². The Morgan fingerprint density at radius 3 is 2.26 bits per heavy atom. The Hall–Kier alpha value is -1.99. The molecule has 1 aromatic carbocycles. The van der Waals surface area contributed by atoms with Crippen molar-refractivity contribution in [1.82, 2.24) is 14.7 Å². The van der Waals surface area contributed by atoms with Crippen molar-refractivity contribution < 1.29 is 14.0 Å². The van der Waals surface area contributed by atoms with Gasteiger partial charge in [0.05, 0.1) is 12.6 Å². The van der Waals surface area contributed by atoms with Crippen LogP contribution in [0.1, 0.15) is 26.2 Å². The predicted octanol–water partition coefficient (Wildman–Crippen LogP) is 1.78. The molecule has 27 heavy (non-hydrogen) atoms. The first kappa shape index (κ1) is 19.8. The van der Waals surface area contributed by atoms with Crippen LogP contribution in [0.15, 0.2) is 24.3 Å². The van der Waals surface area contributed by atoms with Crippen LogP contribution in [0, 0.1) is 5.82 Å². The molecule has 0 aliphatic carbocycles. The number of piperidine rings is 1. The van der Waals surface area contributed by atoms with Gasteiger partial charge in [0.2, 0.25) is 11.8 Å². The highest BCUT2D eigenvalue weighted by Crippen LogP contribution is 2.13. The smallest absolute Gasteiger partial charge is 0.241 e. The normalized spacial score (nSPS) is 20.3. The van der Waals surface area contributed by atoms with Crippen molar-refractivity contribution in [3.63, 3.8) is 0 Å². The maximum atomic E-state index is 13.0. The third-order valence-corrected chi connectivity index (χ3v) is 5.51. The van der Waals surface area contributed by atoms with Crippen molar-refractivity contribution in [3.05, 3.63) is 30.1 Å². The van der Waals surface area contributed by atoms with E-state index in [2.05, 4.69) is 15.1 Å². The number of hydrogen-bond donors (Lipinski definition) is 1. The number of halogens is 1. The minimum Gasteiger partial charge on any atom is -0.342 e. The minimum atomic E-state index is -0.323. The summed E-state index contributed by atoms with van der Waals surface area (Å²) < 4.78 is 13.0. The van der Waals surface area contributed by atoms with Gasteiger partial charge < -0.3 is 10.2 Å². The van der Waals surface area contributed by atoms with Gasteiger partial charge in [-0.15, -0.1) is 0 Å². The van der Waals surface area contributed by atoms with E-state index in [0.29, 0.717) is 12.2 Å². The number of amides is 2. The molecule has 3 rings (SSSR count). The summed E-state index contributed by atoms with van der Waals surface area (Å²) in [6, 6.07) is 5.51. The lowest BCUT2D eigenvalue weighted by Crippen LogP contribution is -2.54. The van der Waals surface area contributed by atoms with E-state index in [1.54, 1.807) is 12.1 Å². The summed E-state index contributed by atoms with van der Waals surface area (Å²) in [6.45, 7) is 7.22. The van der Waals surface area contributed by atoms with E-state index in [4.69, 9.17) is 0 Å². The molecule has 2 saturated heterocycles. The third-order valence-electron chi connectivity index (χ3n) is 5.51. The second kappa shape index (κ2) is 9.28. The van der Waals surface area contributed by atoms with Crippen LogP contribution in [-0.2, 0) is 9.59 Å². The SMILES string of the molecule is C[C@@H](C(=O)Nc1ccc(F)cc1)N1CCN(CC(=O)N2CCCCC2)CC1. The largest absolute Gasteiger partial charge is 0.342 e. The fourth-order valence-electron chi connectivity index (χ4n) is 3.69. The highest BCUT2D eigenvalue weighted by Gasteiger charge is 2.27. The molecule has 2 aliphatic heterocycles. The van der Waals surface area contributed by atoms with Crippen molar-refractivity contribution >= 4 is 17.5 Å². The second-order valence-corrected chi connectivity index (χ2v) is 7.43. The zero-order valence-corrected chi connectivity index (χ0v) is 16.0. The molecule has 0 bridgehead atoms. The van der Waals surface area contributed by atoms with Crippen LogP contribution in [-0.4, -0.2) is 78.4 Å². The Labute approximate surface area is 160 Å².